The van der Waals surface area contributed by atoms with Crippen LogP contribution in [0.3, 0.4) is 0 Å². The van der Waals surface area contributed by atoms with E-state index in [4.69, 9.17) is 4.52 Å². The first-order valence-corrected chi connectivity index (χ1v) is 9.95. The van der Waals surface area contributed by atoms with Crippen molar-refractivity contribution in [3.8, 4) is 17.2 Å². The minimum absolute atomic E-state index is 0.101. The molecule has 1 aliphatic heterocycles. The Morgan fingerprint density at radius 2 is 2.00 bits per heavy atom. The van der Waals surface area contributed by atoms with Crippen molar-refractivity contribution in [2.45, 2.75) is 39.2 Å². The number of benzene rings is 1. The largest absolute Gasteiger partial charge is 0.339 e. The molecule has 30 heavy (non-hydrogen) atoms. The smallest absolute Gasteiger partial charge is 0.262 e. The molecule has 4 aromatic rings. The molecule has 1 amide bonds. The van der Waals surface area contributed by atoms with E-state index in [2.05, 4.69) is 25.3 Å². The quantitative estimate of drug-likeness (QED) is 0.565. The number of fused-ring (bicyclic) bond motifs is 3. The lowest BCUT2D eigenvalue weighted by Gasteiger charge is -2.31. The van der Waals surface area contributed by atoms with Gasteiger partial charge in [0.25, 0.3) is 5.91 Å². The molecule has 0 atom stereocenters. The van der Waals surface area contributed by atoms with Crippen molar-refractivity contribution in [2.75, 3.05) is 4.90 Å². The van der Waals surface area contributed by atoms with E-state index in [9.17, 15) is 4.79 Å². The summed E-state index contributed by atoms with van der Waals surface area (Å²) < 4.78 is 7.43. The summed E-state index contributed by atoms with van der Waals surface area (Å²) in [5.41, 5.74) is 5.22. The lowest BCUT2D eigenvalue weighted by Crippen LogP contribution is -2.35. The zero-order valence-corrected chi connectivity index (χ0v) is 16.6. The number of carbonyl (C=O) groups is 1. The number of para-hydroxylation sites is 2. The number of carbonyl (C=O) groups excluding carboxylic acids is 1. The Labute approximate surface area is 171 Å². The van der Waals surface area contributed by atoms with Gasteiger partial charge in [0.05, 0.1) is 34.9 Å². The van der Waals surface area contributed by atoms with E-state index in [-0.39, 0.29) is 5.91 Å². The monoisotopic (exact) mass is 401 g/mol. The van der Waals surface area contributed by atoms with Gasteiger partial charge in [-0.2, -0.15) is 10.1 Å². The first-order chi connectivity index (χ1) is 14.6. The van der Waals surface area contributed by atoms with E-state index >= 15 is 0 Å². The highest BCUT2D eigenvalue weighted by molar-refractivity contribution is 6.09. The van der Waals surface area contributed by atoms with E-state index in [1.54, 1.807) is 11.2 Å². The van der Waals surface area contributed by atoms with Crippen LogP contribution in [-0.2, 0) is 6.54 Å². The molecule has 1 saturated carbocycles. The van der Waals surface area contributed by atoms with Gasteiger partial charge in [-0.05, 0) is 38.8 Å². The van der Waals surface area contributed by atoms with Crippen LogP contribution >= 0.6 is 0 Å². The third-order valence-corrected chi connectivity index (χ3v) is 5.77. The maximum absolute atomic E-state index is 13.5. The van der Waals surface area contributed by atoms with Crippen LogP contribution in [0.15, 0.2) is 35.1 Å². The SMILES string of the molecule is Cc1n[nH]c(C)c1C(=O)N1Cc2c(-c3noc(C4CC4)n3)ncn2-c2ccccc21. The van der Waals surface area contributed by atoms with Gasteiger partial charge in [-0.15, -0.1) is 0 Å². The number of amides is 1. The molecule has 2 aliphatic rings. The normalized spacial score (nSPS) is 15.2. The standard InChI is InChI=1S/C21H19N7O2/c1-11-17(12(2)25-24-11)21(29)27-9-16-18(19-23-20(30-26-19)13-7-8-13)22-10-28(16)15-6-4-3-5-14(15)27/h3-6,10,13H,7-9H2,1-2H3,(H,24,25). The first kappa shape index (κ1) is 17.1. The molecule has 3 aromatic heterocycles. The topological polar surface area (TPSA) is 106 Å². The summed E-state index contributed by atoms with van der Waals surface area (Å²) in [5, 5.41) is 11.2. The lowest BCUT2D eigenvalue weighted by atomic mass is 10.1. The predicted octanol–water partition coefficient (Wildman–Crippen LogP) is 3.30. The van der Waals surface area contributed by atoms with Crippen molar-refractivity contribution in [3.63, 3.8) is 0 Å². The molecule has 1 aromatic carbocycles. The molecule has 4 heterocycles. The van der Waals surface area contributed by atoms with Crippen LogP contribution in [0.2, 0.25) is 0 Å². The number of hydrogen-bond donors (Lipinski definition) is 1. The molecule has 1 N–H and O–H groups in total. The second-order valence-electron chi connectivity index (χ2n) is 7.83. The zero-order chi connectivity index (χ0) is 20.4. The second kappa shape index (κ2) is 6.12. The Balaban J connectivity index is 1.47. The fourth-order valence-electron chi connectivity index (χ4n) is 4.06. The van der Waals surface area contributed by atoms with Gasteiger partial charge < -0.3 is 9.42 Å². The Morgan fingerprint density at radius 1 is 1.20 bits per heavy atom. The molecule has 150 valence electrons. The number of hydrogen-bond acceptors (Lipinski definition) is 6. The van der Waals surface area contributed by atoms with Crippen LogP contribution in [-0.4, -0.2) is 35.8 Å². The molecule has 0 bridgehead atoms. The molecular weight excluding hydrogens is 382 g/mol. The molecule has 0 saturated heterocycles. The minimum atomic E-state index is -0.101. The maximum Gasteiger partial charge on any atom is 0.262 e. The highest BCUT2D eigenvalue weighted by Gasteiger charge is 2.34. The summed E-state index contributed by atoms with van der Waals surface area (Å²) in [7, 11) is 0. The second-order valence-corrected chi connectivity index (χ2v) is 7.83. The van der Waals surface area contributed by atoms with E-state index in [1.807, 2.05) is 42.7 Å². The molecular formula is C21H19N7O2. The molecule has 0 unspecified atom stereocenters. The number of anilines is 1. The van der Waals surface area contributed by atoms with Gasteiger partial charge in [0.15, 0.2) is 0 Å². The van der Waals surface area contributed by atoms with Crippen molar-refractivity contribution in [3.05, 3.63) is 59.1 Å². The Morgan fingerprint density at radius 3 is 2.73 bits per heavy atom. The highest BCUT2D eigenvalue weighted by atomic mass is 16.5. The molecule has 1 aliphatic carbocycles. The molecule has 6 rings (SSSR count). The van der Waals surface area contributed by atoms with Crippen molar-refractivity contribution in [2.24, 2.45) is 0 Å². The summed E-state index contributed by atoms with van der Waals surface area (Å²) in [6.07, 6.45) is 3.93. The van der Waals surface area contributed by atoms with E-state index in [0.717, 1.165) is 35.6 Å². The number of nitrogens with one attached hydrogen (secondary N) is 1. The summed E-state index contributed by atoms with van der Waals surface area (Å²) in [6.45, 7) is 4.04. The molecule has 9 nitrogen and oxygen atoms in total. The predicted molar refractivity (Wildman–Crippen MR) is 107 cm³/mol. The van der Waals surface area contributed by atoms with Gasteiger partial charge >= 0.3 is 0 Å². The average molecular weight is 401 g/mol. The van der Waals surface area contributed by atoms with E-state index in [1.165, 1.54) is 0 Å². The van der Waals surface area contributed by atoms with E-state index < -0.39 is 0 Å². The molecule has 0 radical (unpaired) electrons. The summed E-state index contributed by atoms with van der Waals surface area (Å²) >= 11 is 0. The van der Waals surface area contributed by atoms with Gasteiger partial charge in [0.2, 0.25) is 11.7 Å². The minimum Gasteiger partial charge on any atom is -0.339 e. The van der Waals surface area contributed by atoms with Gasteiger partial charge in [-0.1, -0.05) is 17.3 Å². The van der Waals surface area contributed by atoms with Crippen LogP contribution in [0.1, 0.15) is 52.1 Å². The number of imidazole rings is 1. The number of aromatic amines is 1. The molecule has 9 heteroatoms. The third kappa shape index (κ3) is 2.44. The van der Waals surface area contributed by atoms with Gasteiger partial charge in [-0.25, -0.2) is 4.98 Å². The summed E-state index contributed by atoms with van der Waals surface area (Å²) in [5.74, 6) is 1.40. The highest BCUT2D eigenvalue weighted by Crippen LogP contribution is 2.40. The Kier molecular flexibility index (Phi) is 3.50. The number of rotatable bonds is 3. The molecule has 0 spiro atoms. The molecule has 1 fully saturated rings. The van der Waals surface area contributed by atoms with Crippen LogP contribution in [0, 0.1) is 13.8 Å². The Hall–Kier alpha value is -3.75. The van der Waals surface area contributed by atoms with Gasteiger partial charge in [0.1, 0.15) is 12.0 Å². The lowest BCUT2D eigenvalue weighted by molar-refractivity contribution is 0.0982. The van der Waals surface area contributed by atoms with Gasteiger partial charge in [-0.3, -0.25) is 14.5 Å². The fourth-order valence-corrected chi connectivity index (χ4v) is 4.06. The number of H-pyrrole nitrogens is 1. The van der Waals surface area contributed by atoms with Crippen molar-refractivity contribution >= 4 is 11.6 Å². The van der Waals surface area contributed by atoms with Crippen LogP contribution in [0.4, 0.5) is 5.69 Å². The number of nitrogens with zero attached hydrogens (tertiary/aromatic N) is 6. The maximum atomic E-state index is 13.5. The van der Waals surface area contributed by atoms with Crippen LogP contribution in [0.5, 0.6) is 0 Å². The number of aryl methyl sites for hydroxylation is 2. The third-order valence-electron chi connectivity index (χ3n) is 5.77. The average Bonchev–Trinajstić information content (AvgIpc) is 3.18. The Bertz CT molecular complexity index is 1270. The fraction of sp³-hybridized carbons (Fsp3) is 0.286. The van der Waals surface area contributed by atoms with Crippen molar-refractivity contribution in [1.82, 2.24) is 29.9 Å². The zero-order valence-electron chi connectivity index (χ0n) is 16.6. The van der Waals surface area contributed by atoms with Gasteiger partial charge in [0, 0.05) is 11.6 Å². The summed E-state index contributed by atoms with van der Waals surface area (Å²) in [6, 6.07) is 7.80. The van der Waals surface area contributed by atoms with Crippen LogP contribution < -0.4 is 4.90 Å². The number of aromatic nitrogens is 6. The summed E-state index contributed by atoms with van der Waals surface area (Å²) in [4.78, 5) is 24.4. The van der Waals surface area contributed by atoms with Crippen LogP contribution in [0.25, 0.3) is 17.2 Å². The van der Waals surface area contributed by atoms with Crippen molar-refractivity contribution < 1.29 is 9.32 Å². The first-order valence-electron chi connectivity index (χ1n) is 9.95. The van der Waals surface area contributed by atoms with Crippen molar-refractivity contribution in [1.29, 1.82) is 0 Å². The van der Waals surface area contributed by atoms with E-state index in [0.29, 0.717) is 41.1 Å².